The molecule has 1 aliphatic carbocycles. The summed E-state index contributed by atoms with van der Waals surface area (Å²) in [7, 11) is 0. The van der Waals surface area contributed by atoms with Crippen LogP contribution in [0, 0.1) is 11.7 Å². The number of carbonyl (C=O) groups is 1. The summed E-state index contributed by atoms with van der Waals surface area (Å²) in [5, 5.41) is 9.92. The van der Waals surface area contributed by atoms with Gasteiger partial charge in [-0.3, -0.25) is 5.21 Å². The molecule has 0 radical (unpaired) electrons. The van der Waals surface area contributed by atoms with Gasteiger partial charge in [0, 0.05) is 0 Å². The van der Waals surface area contributed by atoms with Crippen molar-refractivity contribution in [2.24, 2.45) is 11.7 Å². The molecule has 0 heterocycles. The third kappa shape index (κ3) is 5.01. The molecule has 2 aromatic rings. The number of nitrogens with two attached hydrogens (primary N) is 1. The van der Waals surface area contributed by atoms with Crippen molar-refractivity contribution < 1.29 is 19.1 Å². The van der Waals surface area contributed by atoms with E-state index < -0.39 is 6.03 Å². The molecule has 24 heavy (non-hydrogen) atoms. The van der Waals surface area contributed by atoms with E-state index in [4.69, 9.17) is 10.5 Å². The summed E-state index contributed by atoms with van der Waals surface area (Å²) in [6.45, 7) is 0.225. The van der Waals surface area contributed by atoms with Crippen molar-refractivity contribution >= 4 is 57.4 Å². The van der Waals surface area contributed by atoms with Gasteiger partial charge in [-0.25, -0.2) is 14.2 Å². The number of benzene rings is 2. The molecule has 3 rings (SSSR count). The molecule has 5 nitrogen and oxygen atoms in total. The maximum absolute atomic E-state index is 12.9. The van der Waals surface area contributed by atoms with Crippen LogP contribution >= 0.6 is 0 Å². The van der Waals surface area contributed by atoms with Gasteiger partial charge in [0.1, 0.15) is 17.3 Å². The van der Waals surface area contributed by atoms with Crippen molar-refractivity contribution in [1.29, 1.82) is 0 Å². The van der Waals surface area contributed by atoms with Crippen LogP contribution in [-0.2, 0) is 0 Å². The van der Waals surface area contributed by atoms with E-state index in [2.05, 4.69) is 0 Å². The summed E-state index contributed by atoms with van der Waals surface area (Å²) in [5.41, 5.74) is 6.08. The van der Waals surface area contributed by atoms with Gasteiger partial charge in [0.25, 0.3) is 0 Å². The van der Waals surface area contributed by atoms with Crippen LogP contribution in [0.3, 0.4) is 0 Å². The monoisotopic (exact) mass is 356 g/mol. The minimum absolute atomic E-state index is 0. The van der Waals surface area contributed by atoms with Gasteiger partial charge in [-0.1, -0.05) is 12.1 Å². The molecular weight excluding hydrogens is 338 g/mol. The van der Waals surface area contributed by atoms with Crippen molar-refractivity contribution in [3.63, 3.8) is 0 Å². The summed E-state index contributed by atoms with van der Waals surface area (Å²) in [5.74, 6) is 1.37. The second kappa shape index (κ2) is 8.42. The van der Waals surface area contributed by atoms with Gasteiger partial charge >= 0.3 is 57.4 Å². The summed E-state index contributed by atoms with van der Waals surface area (Å²) >= 11 is 0. The molecule has 2 atom stereocenters. The third-order valence-corrected chi connectivity index (χ3v) is 3.92. The molecule has 1 aliphatic rings. The molecule has 1 saturated carbocycles. The Balaban J connectivity index is 0.00000208. The van der Waals surface area contributed by atoms with Gasteiger partial charge in [0.2, 0.25) is 0 Å². The molecule has 0 bridgehead atoms. The fraction of sp³-hybridized carbons (Fsp3) is 0.235. The molecule has 0 aliphatic heterocycles. The van der Waals surface area contributed by atoms with Crippen LogP contribution in [0.4, 0.5) is 9.18 Å². The van der Waals surface area contributed by atoms with E-state index in [1.54, 1.807) is 12.1 Å². The first-order valence-electron chi connectivity index (χ1n) is 7.32. The third-order valence-electron chi connectivity index (χ3n) is 3.92. The van der Waals surface area contributed by atoms with E-state index in [1.807, 2.05) is 24.3 Å². The zero-order chi connectivity index (χ0) is 16.4. The average Bonchev–Trinajstić information content (AvgIpc) is 3.29. The van der Waals surface area contributed by atoms with Gasteiger partial charge in [-0.15, -0.1) is 0 Å². The van der Waals surface area contributed by atoms with Crippen LogP contribution in [-0.4, -0.2) is 74.2 Å². The second-order valence-corrected chi connectivity index (χ2v) is 5.65. The Labute approximate surface area is 182 Å². The number of primary amides is 1. The van der Waals surface area contributed by atoms with Crippen molar-refractivity contribution in [3.05, 3.63) is 59.9 Å². The fourth-order valence-corrected chi connectivity index (χ4v) is 2.62. The first-order valence-corrected chi connectivity index (χ1v) is 7.32. The molecule has 0 spiro atoms. The van der Waals surface area contributed by atoms with Gasteiger partial charge in [-0.05, 0) is 60.2 Å². The zero-order valence-corrected chi connectivity index (χ0v) is 12.4. The standard InChI is InChI=1S/C17H17FN2O3.K.H/c18-13-4-6-14(7-5-13)23-15-3-1-2-11(8-15)16-9-12(16)10-20(22)17(19)21;;/h1-8,12,16,22H,9-10H2,(H2,19,21);;/t12-,16-;;/m0../s1. The van der Waals surface area contributed by atoms with Crippen molar-refractivity contribution in [1.82, 2.24) is 5.06 Å². The normalized spacial score (nSPS) is 18.4. The Hall–Kier alpha value is -0.964. The molecule has 7 heteroatoms. The number of ether oxygens (including phenoxy) is 1. The predicted octanol–water partition coefficient (Wildman–Crippen LogP) is 2.84. The van der Waals surface area contributed by atoms with Crippen LogP contribution in [0.5, 0.6) is 11.5 Å². The van der Waals surface area contributed by atoms with Gasteiger partial charge < -0.3 is 10.5 Å². The molecule has 2 aromatic carbocycles. The Kier molecular flexibility index (Phi) is 6.79. The number of hydrogen-bond acceptors (Lipinski definition) is 3. The van der Waals surface area contributed by atoms with E-state index in [0.29, 0.717) is 16.6 Å². The molecule has 2 amide bonds. The Morgan fingerprint density at radius 1 is 1.25 bits per heavy atom. The Morgan fingerprint density at radius 3 is 2.62 bits per heavy atom. The molecular formula is C17H18FKN2O3. The van der Waals surface area contributed by atoms with Crippen molar-refractivity contribution in [3.8, 4) is 11.5 Å². The average molecular weight is 356 g/mol. The van der Waals surface area contributed by atoms with E-state index in [0.717, 1.165) is 12.0 Å². The number of carbonyl (C=O) groups excluding carboxylic acids is 1. The SMILES string of the molecule is NC(=O)N(O)C[C@@H]1C[C@H]1c1cccc(Oc2ccc(F)cc2)c1.[KH]. The number of nitrogens with zero attached hydrogens (tertiary/aromatic N) is 1. The second-order valence-electron chi connectivity index (χ2n) is 5.65. The molecule has 3 N–H and O–H groups in total. The topological polar surface area (TPSA) is 75.8 Å². The number of rotatable bonds is 5. The summed E-state index contributed by atoms with van der Waals surface area (Å²) in [6.07, 6.45) is 0.879. The van der Waals surface area contributed by atoms with E-state index in [-0.39, 0.29) is 75.6 Å². The number of hydrogen-bond donors (Lipinski definition) is 2. The molecule has 1 fully saturated rings. The number of hydroxylamine groups is 2. The van der Waals surface area contributed by atoms with Crippen molar-refractivity contribution in [2.45, 2.75) is 12.3 Å². The summed E-state index contributed by atoms with van der Waals surface area (Å²) < 4.78 is 18.6. The molecule has 122 valence electrons. The quantitative estimate of drug-likeness (QED) is 0.491. The van der Waals surface area contributed by atoms with Crippen LogP contribution in [0.15, 0.2) is 48.5 Å². The molecule has 0 saturated heterocycles. The number of amides is 2. The van der Waals surface area contributed by atoms with Gasteiger partial charge in [-0.2, -0.15) is 0 Å². The first kappa shape index (κ1) is 19.4. The Morgan fingerprint density at radius 2 is 1.96 bits per heavy atom. The maximum atomic E-state index is 12.9. The summed E-state index contributed by atoms with van der Waals surface area (Å²) in [6, 6.07) is 12.6. The fourth-order valence-electron chi connectivity index (χ4n) is 2.62. The van der Waals surface area contributed by atoms with Crippen LogP contribution in [0.1, 0.15) is 17.9 Å². The van der Waals surface area contributed by atoms with Crippen LogP contribution in [0.25, 0.3) is 0 Å². The predicted molar refractivity (Wildman–Crippen MR) is 89.0 cm³/mol. The van der Waals surface area contributed by atoms with Gasteiger partial charge in [0.05, 0.1) is 6.54 Å². The van der Waals surface area contributed by atoms with E-state index in [9.17, 15) is 14.4 Å². The van der Waals surface area contributed by atoms with E-state index in [1.165, 1.54) is 12.1 Å². The zero-order valence-electron chi connectivity index (χ0n) is 12.4. The molecule has 0 aromatic heterocycles. The first-order chi connectivity index (χ1) is 11.0. The number of halogens is 1. The Bertz CT molecular complexity index is 711. The summed E-state index contributed by atoms with van der Waals surface area (Å²) in [4.78, 5) is 10.8. The number of urea groups is 1. The van der Waals surface area contributed by atoms with Crippen LogP contribution < -0.4 is 10.5 Å². The van der Waals surface area contributed by atoms with E-state index >= 15 is 0 Å². The van der Waals surface area contributed by atoms with Crippen LogP contribution in [0.2, 0.25) is 0 Å². The van der Waals surface area contributed by atoms with Gasteiger partial charge in [0.15, 0.2) is 0 Å². The minimum atomic E-state index is -0.843. The van der Waals surface area contributed by atoms with Crippen molar-refractivity contribution in [2.75, 3.05) is 6.54 Å². The molecule has 0 unspecified atom stereocenters.